The maximum absolute atomic E-state index is 15.3. The predicted molar refractivity (Wildman–Crippen MR) is 330 cm³/mol. The van der Waals surface area contributed by atoms with Gasteiger partial charge in [-0.05, 0) is 107 Å². The molecule has 0 aliphatic carbocycles. The minimum Gasteiger partial charge on any atom is -0.345 e. The Morgan fingerprint density at radius 2 is 0.859 bits per heavy atom. The lowest BCUT2D eigenvalue weighted by atomic mass is 9.91. The summed E-state index contributed by atoms with van der Waals surface area (Å²) in [5, 5.41) is 8.63. The SMILES string of the molecule is CC[C@H]1NC(=O)[C@H](C2[C@H](C)CCN2C)N(C)C(=O)[C@@H](C(C)C)N(C)C(=O)[C@@H](CC(C)C)N(C)C(=O)[C@@H](CC(C)C)N(C)C(=O)[C@H](C)CC(=O)[C@@H](C)NC(=O)[C@@H](CC(C)C)N(C)C(=O)[C@@H](C(C)C)NC(=O)[C@H](CC(C)C)N(C)C(=O)[C@@H](C)N(C)C1=O. The smallest absolute Gasteiger partial charge is 0.246 e. The molecule has 85 heavy (non-hydrogen) atoms. The van der Waals surface area contributed by atoms with E-state index in [2.05, 4.69) is 16.0 Å². The summed E-state index contributed by atoms with van der Waals surface area (Å²) in [6.07, 6.45) is 1.31. The van der Waals surface area contributed by atoms with E-state index < -0.39 is 149 Å². The number of rotatable bonds is 12. The Morgan fingerprint density at radius 1 is 0.435 bits per heavy atom. The fourth-order valence-electron chi connectivity index (χ4n) is 12.0. The van der Waals surface area contributed by atoms with Crippen molar-refractivity contribution in [3.8, 4) is 0 Å². The molecule has 22 heteroatoms. The van der Waals surface area contributed by atoms with Gasteiger partial charge in [-0.15, -0.1) is 0 Å². The Bertz CT molecular complexity index is 2330. The largest absolute Gasteiger partial charge is 0.345 e. The van der Waals surface area contributed by atoms with Crippen molar-refractivity contribution in [3.05, 3.63) is 0 Å². The number of amides is 10. The number of ketones is 1. The summed E-state index contributed by atoms with van der Waals surface area (Å²) in [7, 11) is 12.3. The second kappa shape index (κ2) is 32.9. The van der Waals surface area contributed by atoms with E-state index in [1.807, 2.05) is 74.3 Å². The van der Waals surface area contributed by atoms with Crippen molar-refractivity contribution in [2.75, 3.05) is 62.9 Å². The minimum atomic E-state index is -1.16. The van der Waals surface area contributed by atoms with E-state index in [1.165, 1.54) is 97.5 Å². The van der Waals surface area contributed by atoms with Gasteiger partial charge < -0.3 is 55.1 Å². The molecule has 2 aliphatic rings. The minimum absolute atomic E-state index is 0.0828. The molecule has 13 atom stereocenters. The zero-order chi connectivity index (χ0) is 65.7. The second-order valence-electron chi connectivity index (χ2n) is 27.3. The molecule has 10 amide bonds. The number of nitrogens with one attached hydrogen (secondary N) is 3. The highest BCUT2D eigenvalue weighted by Gasteiger charge is 2.48. The first-order valence-corrected chi connectivity index (χ1v) is 31.2. The van der Waals surface area contributed by atoms with Crippen LogP contribution in [0.5, 0.6) is 0 Å². The van der Waals surface area contributed by atoms with Gasteiger partial charge in [0.15, 0.2) is 5.78 Å². The highest BCUT2D eigenvalue weighted by Crippen LogP contribution is 2.30. The van der Waals surface area contributed by atoms with Crippen molar-refractivity contribution in [2.24, 2.45) is 47.3 Å². The maximum atomic E-state index is 15.3. The number of nitrogens with zero attached hydrogens (tertiary/aromatic N) is 8. The molecule has 2 saturated heterocycles. The molecule has 0 bridgehead atoms. The van der Waals surface area contributed by atoms with Crippen LogP contribution in [0, 0.1) is 47.3 Å². The van der Waals surface area contributed by atoms with Crippen molar-refractivity contribution in [1.29, 1.82) is 0 Å². The molecule has 2 rings (SSSR count). The fourth-order valence-corrected chi connectivity index (χ4v) is 12.0. The number of hydrogen-bond donors (Lipinski definition) is 3. The van der Waals surface area contributed by atoms with Crippen LogP contribution in [-0.2, 0) is 52.7 Å². The van der Waals surface area contributed by atoms with Gasteiger partial charge in [0.25, 0.3) is 0 Å². The lowest BCUT2D eigenvalue weighted by Crippen LogP contribution is -2.64. The highest BCUT2D eigenvalue weighted by atomic mass is 16.2. The molecule has 2 aliphatic heterocycles. The Balaban J connectivity index is 2.98. The van der Waals surface area contributed by atoms with E-state index in [0.29, 0.717) is 6.54 Å². The molecule has 2 heterocycles. The number of carbonyl (C=O) groups is 11. The number of carbonyl (C=O) groups excluding carboxylic acids is 11. The van der Waals surface area contributed by atoms with Gasteiger partial charge in [-0.25, -0.2) is 0 Å². The molecule has 0 radical (unpaired) electrons. The van der Waals surface area contributed by atoms with Crippen LogP contribution >= 0.6 is 0 Å². The van der Waals surface area contributed by atoms with Crippen LogP contribution in [-0.4, -0.2) is 233 Å². The summed E-state index contributed by atoms with van der Waals surface area (Å²) in [4.78, 5) is 173. The lowest BCUT2D eigenvalue weighted by Gasteiger charge is -2.42. The molecule has 0 aromatic rings. The average molecular weight is 1200 g/mol. The number of hydrogen-bond acceptors (Lipinski definition) is 12. The molecule has 486 valence electrons. The van der Waals surface area contributed by atoms with Crippen LogP contribution in [0.4, 0.5) is 0 Å². The summed E-state index contributed by atoms with van der Waals surface area (Å²) in [5.74, 6) is -8.64. The molecular formula is C63H113N11O11. The number of likely N-dealkylation sites (N-methyl/N-ethyl adjacent to an activating group) is 8. The molecule has 0 saturated carbocycles. The lowest BCUT2D eigenvalue weighted by molar-refractivity contribution is -0.156. The van der Waals surface area contributed by atoms with Crippen molar-refractivity contribution in [3.63, 3.8) is 0 Å². The van der Waals surface area contributed by atoms with Gasteiger partial charge in [-0.3, -0.25) is 52.7 Å². The van der Waals surface area contributed by atoms with Gasteiger partial charge in [0.2, 0.25) is 59.1 Å². The van der Waals surface area contributed by atoms with Crippen LogP contribution in [0.25, 0.3) is 0 Å². The third-order valence-electron chi connectivity index (χ3n) is 17.6. The quantitative estimate of drug-likeness (QED) is 0.250. The van der Waals surface area contributed by atoms with Gasteiger partial charge in [0, 0.05) is 67.7 Å². The topological polar surface area (TPSA) is 250 Å². The zero-order valence-corrected chi connectivity index (χ0v) is 56.7. The van der Waals surface area contributed by atoms with Gasteiger partial charge in [0.05, 0.1) is 6.04 Å². The summed E-state index contributed by atoms with van der Waals surface area (Å²) in [6, 6.07) is -11.7. The third-order valence-corrected chi connectivity index (χ3v) is 17.6. The van der Waals surface area contributed by atoms with Gasteiger partial charge in [-0.1, -0.05) is 104 Å². The van der Waals surface area contributed by atoms with Crippen molar-refractivity contribution < 1.29 is 52.7 Å². The van der Waals surface area contributed by atoms with E-state index >= 15 is 19.2 Å². The zero-order valence-electron chi connectivity index (χ0n) is 56.7. The summed E-state index contributed by atoms with van der Waals surface area (Å²) in [6.45, 7) is 31.2. The van der Waals surface area contributed by atoms with Crippen molar-refractivity contribution in [2.45, 2.75) is 229 Å². The summed E-state index contributed by atoms with van der Waals surface area (Å²) >= 11 is 0. The molecular weight excluding hydrogens is 1090 g/mol. The third kappa shape index (κ3) is 19.4. The molecule has 1 unspecified atom stereocenters. The Labute approximate surface area is 510 Å². The van der Waals surface area contributed by atoms with E-state index in [1.54, 1.807) is 41.5 Å². The van der Waals surface area contributed by atoms with Crippen molar-refractivity contribution >= 4 is 64.9 Å². The molecule has 0 aromatic heterocycles. The first kappa shape index (κ1) is 75.4. The van der Waals surface area contributed by atoms with E-state index in [0.717, 1.165) is 6.42 Å². The normalized spacial score (nSPS) is 29.9. The molecule has 3 N–H and O–H groups in total. The van der Waals surface area contributed by atoms with E-state index in [-0.39, 0.29) is 68.1 Å². The summed E-state index contributed by atoms with van der Waals surface area (Å²) in [5.41, 5.74) is 0. The van der Waals surface area contributed by atoms with Crippen LogP contribution in [0.15, 0.2) is 0 Å². The molecule has 22 nitrogen and oxygen atoms in total. The van der Waals surface area contributed by atoms with E-state index in [9.17, 15) is 33.6 Å². The maximum Gasteiger partial charge on any atom is 0.246 e. The Hall–Kier alpha value is -5.67. The van der Waals surface area contributed by atoms with Crippen LogP contribution in [0.3, 0.4) is 0 Å². The first-order valence-electron chi connectivity index (χ1n) is 31.2. The highest BCUT2D eigenvalue weighted by molar-refractivity contribution is 6.00. The Kier molecular flexibility index (Phi) is 29.2. The monoisotopic (exact) mass is 1200 g/mol. The van der Waals surface area contributed by atoms with Crippen LogP contribution in [0.2, 0.25) is 0 Å². The first-order chi connectivity index (χ1) is 39.2. The Morgan fingerprint density at radius 3 is 1.28 bits per heavy atom. The van der Waals surface area contributed by atoms with Crippen LogP contribution < -0.4 is 16.0 Å². The summed E-state index contributed by atoms with van der Waals surface area (Å²) < 4.78 is 0. The molecule has 0 spiro atoms. The van der Waals surface area contributed by atoms with Crippen LogP contribution in [0.1, 0.15) is 163 Å². The second-order valence-corrected chi connectivity index (χ2v) is 27.3. The van der Waals surface area contributed by atoms with Gasteiger partial charge in [-0.2, -0.15) is 0 Å². The van der Waals surface area contributed by atoms with Gasteiger partial charge in [0.1, 0.15) is 54.4 Å². The van der Waals surface area contributed by atoms with E-state index in [4.69, 9.17) is 0 Å². The molecule has 0 aromatic carbocycles. The average Bonchev–Trinajstić information content (AvgIpc) is 3.33. The fraction of sp³-hybridized carbons (Fsp3) is 0.825. The predicted octanol–water partition coefficient (Wildman–Crippen LogP) is 4.13. The standard InChI is InChI=1S/C63H113N11O11/c1-26-44-59(81)68(19)43(17)58(80)69(20)46(30-35(4)5)55(77)66-50(38(10)11)62(84)70(21)45(29-34(2)3)54(76)64-42(16)49(75)33-41(15)57(79)71(22)47(31-36(6)7)60(82)72(23)48(32-37(8)9)61(83)73(24)51(39(12)13)63(85)74(25)53(56(78)65-44)52-40(14)27-28-67(52)18/h34-48,50-53H,26-33H2,1-25H3,(H,64,76)(H,65,78)(H,66,77)/t40-,41-,42-,43-,44-,45-,46+,47-,48-,50-,51-,52?,53+/m1/s1. The van der Waals surface area contributed by atoms with Crippen molar-refractivity contribution in [1.82, 2.24) is 55.1 Å². The number of likely N-dealkylation sites (tertiary alicyclic amines) is 1. The number of Topliss-reactive ketones (excluding diaryl/α,β-unsaturated/α-hetero) is 1. The van der Waals surface area contributed by atoms with Gasteiger partial charge >= 0.3 is 0 Å². The molecule has 2 fully saturated rings.